The number of ether oxygens (including phenoxy) is 1. The highest BCUT2D eigenvalue weighted by Crippen LogP contribution is 2.27. The molecule has 2 aromatic carbocycles. The zero-order chi connectivity index (χ0) is 19.2. The average Bonchev–Trinajstić information content (AvgIpc) is 2.67. The van der Waals surface area contributed by atoms with E-state index in [1.165, 1.54) is 0 Å². The monoisotopic (exact) mass is 441 g/mol. The first kappa shape index (κ1) is 22.7. The van der Waals surface area contributed by atoms with Crippen LogP contribution in [0.4, 0.5) is 0 Å². The number of benzene rings is 2. The van der Waals surface area contributed by atoms with Crippen molar-refractivity contribution in [2.45, 2.75) is 12.5 Å². The molecule has 7 heteroatoms. The number of aliphatic carboxylic acids is 1. The number of morpholine rings is 1. The maximum Gasteiger partial charge on any atom is 0.304 e. The summed E-state index contributed by atoms with van der Waals surface area (Å²) in [7, 11) is 0. The van der Waals surface area contributed by atoms with Crippen LogP contribution in [0.1, 0.15) is 29.2 Å². The molecule has 1 saturated heterocycles. The molecular formula is C21H22Cl3NO3. The summed E-state index contributed by atoms with van der Waals surface area (Å²) in [6.07, 6.45) is 3.99. The maximum absolute atomic E-state index is 10.8. The van der Waals surface area contributed by atoms with Gasteiger partial charge in [0.2, 0.25) is 0 Å². The normalized spacial score (nSPS) is 17.4. The van der Waals surface area contributed by atoms with Gasteiger partial charge in [-0.15, -0.1) is 12.4 Å². The predicted molar refractivity (Wildman–Crippen MR) is 116 cm³/mol. The van der Waals surface area contributed by atoms with Crippen LogP contribution >= 0.6 is 35.6 Å². The van der Waals surface area contributed by atoms with E-state index in [-0.39, 0.29) is 24.9 Å². The third-order valence-electron chi connectivity index (χ3n) is 4.54. The molecule has 0 radical (unpaired) electrons. The van der Waals surface area contributed by atoms with Crippen molar-refractivity contribution in [1.29, 1.82) is 0 Å². The molecular weight excluding hydrogens is 421 g/mol. The molecule has 3 rings (SSSR count). The first-order valence-corrected chi connectivity index (χ1v) is 9.56. The zero-order valence-corrected chi connectivity index (χ0v) is 17.5. The second-order valence-corrected chi connectivity index (χ2v) is 7.25. The Labute approximate surface area is 181 Å². The van der Waals surface area contributed by atoms with E-state index in [0.29, 0.717) is 29.7 Å². The smallest absolute Gasteiger partial charge is 0.304 e. The quantitative estimate of drug-likeness (QED) is 0.606. The molecule has 1 N–H and O–H groups in total. The van der Waals surface area contributed by atoms with Gasteiger partial charge in [-0.2, -0.15) is 0 Å². The average molecular weight is 443 g/mol. The van der Waals surface area contributed by atoms with Crippen LogP contribution in [0.15, 0.2) is 42.5 Å². The lowest BCUT2D eigenvalue weighted by molar-refractivity contribution is -0.137. The minimum Gasteiger partial charge on any atom is -0.481 e. The highest BCUT2D eigenvalue weighted by Gasteiger charge is 2.22. The van der Waals surface area contributed by atoms with Gasteiger partial charge in [0.25, 0.3) is 0 Å². The second kappa shape index (κ2) is 10.8. The zero-order valence-electron chi connectivity index (χ0n) is 15.2. The van der Waals surface area contributed by atoms with Crippen LogP contribution in [-0.4, -0.2) is 42.2 Å². The third-order valence-corrected chi connectivity index (χ3v) is 5.20. The van der Waals surface area contributed by atoms with Crippen molar-refractivity contribution in [1.82, 2.24) is 4.90 Å². The molecule has 1 aliphatic rings. The van der Waals surface area contributed by atoms with E-state index in [0.717, 1.165) is 23.2 Å². The van der Waals surface area contributed by atoms with E-state index in [1.807, 2.05) is 54.6 Å². The van der Waals surface area contributed by atoms with Crippen molar-refractivity contribution in [3.05, 3.63) is 69.2 Å². The Hall–Kier alpha value is -1.56. The highest BCUT2D eigenvalue weighted by molar-refractivity contribution is 6.37. The minimum absolute atomic E-state index is 0. The van der Waals surface area contributed by atoms with E-state index in [4.69, 9.17) is 33.0 Å². The maximum atomic E-state index is 10.8. The fraction of sp³-hybridized carbons (Fsp3) is 0.286. The van der Waals surface area contributed by atoms with Gasteiger partial charge < -0.3 is 9.84 Å². The van der Waals surface area contributed by atoms with Crippen molar-refractivity contribution in [3.63, 3.8) is 0 Å². The number of hydrogen-bond donors (Lipinski definition) is 1. The Balaban J connectivity index is 0.00000280. The lowest BCUT2D eigenvalue weighted by Crippen LogP contribution is -2.39. The van der Waals surface area contributed by atoms with Gasteiger partial charge in [-0.3, -0.25) is 9.69 Å². The third kappa shape index (κ3) is 6.23. The van der Waals surface area contributed by atoms with Crippen LogP contribution < -0.4 is 0 Å². The SMILES string of the molecule is Cl.O=C(O)CCN1CCOC(c2ccc(/C=C/c3c(Cl)cccc3Cl)cc2)C1. The number of hydrogen-bond acceptors (Lipinski definition) is 3. The molecule has 150 valence electrons. The lowest BCUT2D eigenvalue weighted by Gasteiger charge is -2.32. The van der Waals surface area contributed by atoms with E-state index in [1.54, 1.807) is 0 Å². The van der Waals surface area contributed by atoms with Crippen molar-refractivity contribution < 1.29 is 14.6 Å². The minimum atomic E-state index is -0.771. The summed E-state index contributed by atoms with van der Waals surface area (Å²) in [5.41, 5.74) is 2.92. The molecule has 0 aromatic heterocycles. The summed E-state index contributed by atoms with van der Waals surface area (Å²) in [6.45, 7) is 2.63. The molecule has 0 saturated carbocycles. The number of carbonyl (C=O) groups is 1. The summed E-state index contributed by atoms with van der Waals surface area (Å²) < 4.78 is 5.86. The van der Waals surface area contributed by atoms with Gasteiger partial charge in [-0.1, -0.05) is 65.7 Å². The highest BCUT2D eigenvalue weighted by atomic mass is 35.5. The van der Waals surface area contributed by atoms with Gasteiger partial charge in [-0.25, -0.2) is 0 Å². The van der Waals surface area contributed by atoms with Crippen LogP contribution in [0.5, 0.6) is 0 Å². The number of halogens is 3. The molecule has 2 aromatic rings. The number of carboxylic acids is 1. The molecule has 0 aliphatic carbocycles. The molecule has 0 amide bonds. The lowest BCUT2D eigenvalue weighted by atomic mass is 10.0. The van der Waals surface area contributed by atoms with Crippen molar-refractivity contribution >= 4 is 53.7 Å². The Bertz CT molecular complexity index is 804. The van der Waals surface area contributed by atoms with Crippen LogP contribution in [0.2, 0.25) is 10.0 Å². The van der Waals surface area contributed by atoms with E-state index < -0.39 is 5.97 Å². The van der Waals surface area contributed by atoms with Crippen LogP contribution in [0.25, 0.3) is 12.2 Å². The van der Waals surface area contributed by atoms with E-state index >= 15 is 0 Å². The molecule has 1 atom stereocenters. The van der Waals surface area contributed by atoms with Crippen molar-refractivity contribution in [3.8, 4) is 0 Å². The summed E-state index contributed by atoms with van der Waals surface area (Å²) in [6, 6.07) is 13.6. The summed E-state index contributed by atoms with van der Waals surface area (Å²) in [5.74, 6) is -0.771. The molecule has 1 heterocycles. The van der Waals surface area contributed by atoms with Gasteiger partial charge in [0.1, 0.15) is 0 Å². The first-order valence-electron chi connectivity index (χ1n) is 8.81. The standard InChI is InChI=1S/C21H21Cl2NO3.ClH/c22-18-2-1-3-19(23)17(18)9-6-15-4-7-16(8-5-15)20-14-24(12-13-27-20)11-10-21(25)26;/h1-9,20H,10-14H2,(H,25,26);1H/b9-6+;. The predicted octanol–water partition coefficient (Wildman–Crippen LogP) is 5.43. The Kier molecular flexibility index (Phi) is 8.80. The summed E-state index contributed by atoms with van der Waals surface area (Å²) >= 11 is 12.4. The van der Waals surface area contributed by atoms with Gasteiger partial charge >= 0.3 is 5.97 Å². The molecule has 1 unspecified atom stereocenters. The van der Waals surface area contributed by atoms with E-state index in [9.17, 15) is 4.79 Å². The molecule has 0 spiro atoms. The molecule has 0 bridgehead atoms. The number of carboxylic acid groups (broad SMARTS) is 1. The molecule has 1 aliphatic heterocycles. The summed E-state index contributed by atoms with van der Waals surface area (Å²) in [4.78, 5) is 12.9. The van der Waals surface area contributed by atoms with Crippen molar-refractivity contribution in [2.24, 2.45) is 0 Å². The first-order chi connectivity index (χ1) is 13.0. The molecule has 28 heavy (non-hydrogen) atoms. The largest absolute Gasteiger partial charge is 0.481 e. The van der Waals surface area contributed by atoms with Crippen LogP contribution in [0.3, 0.4) is 0 Å². The number of rotatable bonds is 6. The van der Waals surface area contributed by atoms with Gasteiger partial charge in [0.05, 0.1) is 19.1 Å². The summed E-state index contributed by atoms with van der Waals surface area (Å²) in [5, 5.41) is 10.1. The van der Waals surface area contributed by atoms with Crippen LogP contribution in [0, 0.1) is 0 Å². The Morgan fingerprint density at radius 3 is 2.46 bits per heavy atom. The Morgan fingerprint density at radius 1 is 1.14 bits per heavy atom. The fourth-order valence-electron chi connectivity index (χ4n) is 3.03. The van der Waals surface area contributed by atoms with Crippen LogP contribution in [-0.2, 0) is 9.53 Å². The fourth-order valence-corrected chi connectivity index (χ4v) is 3.56. The van der Waals surface area contributed by atoms with Gasteiger partial charge in [0.15, 0.2) is 0 Å². The second-order valence-electron chi connectivity index (χ2n) is 6.44. The Morgan fingerprint density at radius 2 is 1.82 bits per heavy atom. The van der Waals surface area contributed by atoms with Gasteiger partial charge in [-0.05, 0) is 23.3 Å². The van der Waals surface area contributed by atoms with Gasteiger partial charge in [0, 0.05) is 35.2 Å². The molecule has 1 fully saturated rings. The topological polar surface area (TPSA) is 49.8 Å². The van der Waals surface area contributed by atoms with Crippen molar-refractivity contribution in [2.75, 3.05) is 26.2 Å². The number of nitrogens with zero attached hydrogens (tertiary/aromatic N) is 1. The molecule has 4 nitrogen and oxygen atoms in total. The van der Waals surface area contributed by atoms with E-state index in [2.05, 4.69) is 4.90 Å².